The van der Waals surface area contributed by atoms with Crippen LogP contribution in [-0.2, 0) is 6.54 Å². The fourth-order valence-corrected chi connectivity index (χ4v) is 2.63. The van der Waals surface area contributed by atoms with E-state index >= 15 is 0 Å². The molecule has 1 heterocycles. The van der Waals surface area contributed by atoms with Gasteiger partial charge in [-0.1, -0.05) is 72.2 Å². The Labute approximate surface area is 137 Å². The molecule has 3 aromatic rings. The van der Waals surface area contributed by atoms with E-state index in [-0.39, 0.29) is 6.61 Å². The lowest BCUT2D eigenvalue weighted by Crippen LogP contribution is -2.28. The van der Waals surface area contributed by atoms with Crippen LogP contribution in [0.4, 0.5) is 0 Å². The average molecular weight is 302 g/mol. The lowest BCUT2D eigenvalue weighted by molar-refractivity contribution is 0.277. The van der Waals surface area contributed by atoms with Crippen molar-refractivity contribution in [3.63, 3.8) is 0 Å². The summed E-state index contributed by atoms with van der Waals surface area (Å²) < 4.78 is 2.00. The Hall–Kier alpha value is -2.59. The maximum atomic E-state index is 9.19. The van der Waals surface area contributed by atoms with Crippen LogP contribution < -0.4 is 5.72 Å². The molecule has 0 fully saturated rings. The molecular weight excluding hydrogens is 283 g/mol. The number of aliphatic hydroxyl groups is 1. The normalized spacial score (nSPS) is 11.4. The van der Waals surface area contributed by atoms with Gasteiger partial charge in [0.2, 0.25) is 7.28 Å². The molecule has 0 aliphatic heterocycles. The highest BCUT2D eigenvalue weighted by molar-refractivity contribution is 6.73. The van der Waals surface area contributed by atoms with Crippen LogP contribution in [0, 0.1) is 0 Å². The Balaban J connectivity index is 1.96. The third-order valence-electron chi connectivity index (χ3n) is 3.78. The van der Waals surface area contributed by atoms with Gasteiger partial charge < -0.3 is 9.67 Å². The first kappa shape index (κ1) is 15.3. The van der Waals surface area contributed by atoms with Gasteiger partial charge in [-0.05, 0) is 11.1 Å². The molecule has 0 amide bonds. The number of imidazole rings is 1. The minimum Gasteiger partial charge on any atom is -0.395 e. The van der Waals surface area contributed by atoms with E-state index in [9.17, 15) is 5.11 Å². The van der Waals surface area contributed by atoms with Gasteiger partial charge in [0, 0.05) is 18.9 Å². The van der Waals surface area contributed by atoms with Crippen LogP contribution >= 0.6 is 0 Å². The van der Waals surface area contributed by atoms with Crippen LogP contribution in [0.3, 0.4) is 0 Å². The molecule has 1 N–H and O–H groups in total. The SMILES string of the molecule is OCCn1ccnc1BC(=Cc1ccccc1)c1ccccc1. The van der Waals surface area contributed by atoms with Crippen LogP contribution in [0.5, 0.6) is 0 Å². The van der Waals surface area contributed by atoms with Crippen molar-refractivity contribution in [2.24, 2.45) is 0 Å². The van der Waals surface area contributed by atoms with Gasteiger partial charge in [0.25, 0.3) is 0 Å². The highest BCUT2D eigenvalue weighted by atomic mass is 16.3. The molecule has 3 nitrogen and oxygen atoms in total. The van der Waals surface area contributed by atoms with Crippen molar-refractivity contribution in [2.75, 3.05) is 6.61 Å². The second-order valence-electron chi connectivity index (χ2n) is 5.38. The van der Waals surface area contributed by atoms with E-state index < -0.39 is 0 Å². The highest BCUT2D eigenvalue weighted by Crippen LogP contribution is 2.17. The maximum Gasteiger partial charge on any atom is 0.239 e. The number of hydrogen-bond donors (Lipinski definition) is 1. The number of hydrogen-bond acceptors (Lipinski definition) is 2. The van der Waals surface area contributed by atoms with Gasteiger partial charge in [-0.2, -0.15) is 0 Å². The zero-order chi connectivity index (χ0) is 15.9. The second-order valence-corrected chi connectivity index (χ2v) is 5.38. The van der Waals surface area contributed by atoms with E-state index in [1.54, 1.807) is 6.20 Å². The molecule has 0 unspecified atom stereocenters. The van der Waals surface area contributed by atoms with Crippen molar-refractivity contribution < 1.29 is 5.11 Å². The molecule has 0 aliphatic rings. The molecule has 0 radical (unpaired) electrons. The topological polar surface area (TPSA) is 38.0 Å². The van der Waals surface area contributed by atoms with Crippen LogP contribution in [0.1, 0.15) is 11.1 Å². The molecular formula is C19H19BN2O. The predicted octanol–water partition coefficient (Wildman–Crippen LogP) is 2.14. The molecule has 0 bridgehead atoms. The Morgan fingerprint density at radius 3 is 2.43 bits per heavy atom. The first-order valence-electron chi connectivity index (χ1n) is 7.79. The van der Waals surface area contributed by atoms with Crippen molar-refractivity contribution in [1.82, 2.24) is 9.55 Å². The monoisotopic (exact) mass is 302 g/mol. The van der Waals surface area contributed by atoms with Gasteiger partial charge in [-0.3, -0.25) is 4.98 Å². The Morgan fingerprint density at radius 2 is 1.74 bits per heavy atom. The van der Waals surface area contributed by atoms with E-state index in [1.165, 1.54) is 16.6 Å². The average Bonchev–Trinajstić information content (AvgIpc) is 3.03. The summed E-state index contributed by atoms with van der Waals surface area (Å²) >= 11 is 0. The van der Waals surface area contributed by atoms with Gasteiger partial charge in [0.05, 0.1) is 12.3 Å². The van der Waals surface area contributed by atoms with Gasteiger partial charge in [0.1, 0.15) is 0 Å². The standard InChI is InChI=1S/C19H19BN2O/c23-14-13-22-12-11-21-19(22)20-18(17-9-5-2-6-10-17)15-16-7-3-1-4-8-16/h1-12,15,20,23H,13-14H2. The van der Waals surface area contributed by atoms with Crippen LogP contribution in [0.2, 0.25) is 0 Å². The van der Waals surface area contributed by atoms with Gasteiger partial charge in [-0.25, -0.2) is 0 Å². The Bertz CT molecular complexity index is 766. The fourth-order valence-electron chi connectivity index (χ4n) is 2.63. The molecule has 0 spiro atoms. The van der Waals surface area contributed by atoms with Crippen molar-refractivity contribution >= 4 is 24.6 Å². The smallest absolute Gasteiger partial charge is 0.239 e. The molecule has 0 saturated carbocycles. The Kier molecular flexibility index (Phi) is 5.07. The lowest BCUT2D eigenvalue weighted by atomic mass is 9.65. The number of nitrogens with zero attached hydrogens (tertiary/aromatic N) is 2. The van der Waals surface area contributed by atoms with Gasteiger partial charge in [0.15, 0.2) is 0 Å². The molecule has 114 valence electrons. The van der Waals surface area contributed by atoms with Gasteiger partial charge in [-0.15, -0.1) is 0 Å². The molecule has 0 aliphatic carbocycles. The molecule has 3 rings (SSSR count). The van der Waals surface area contributed by atoms with Crippen molar-refractivity contribution in [1.29, 1.82) is 0 Å². The van der Waals surface area contributed by atoms with Crippen molar-refractivity contribution in [3.05, 3.63) is 84.2 Å². The van der Waals surface area contributed by atoms with Crippen LogP contribution in [-0.4, -0.2) is 28.5 Å². The molecule has 1 aromatic heterocycles. The summed E-state index contributed by atoms with van der Waals surface area (Å²) in [6.07, 6.45) is 5.90. The third-order valence-corrected chi connectivity index (χ3v) is 3.78. The minimum atomic E-state index is 0.117. The summed E-state index contributed by atoms with van der Waals surface area (Å²) in [5.74, 6) is 0. The molecule has 0 atom stereocenters. The molecule has 23 heavy (non-hydrogen) atoms. The summed E-state index contributed by atoms with van der Waals surface area (Å²) in [4.78, 5) is 4.45. The van der Waals surface area contributed by atoms with E-state index in [4.69, 9.17) is 0 Å². The maximum absolute atomic E-state index is 9.19. The lowest BCUT2D eigenvalue weighted by Gasteiger charge is -2.09. The predicted molar refractivity (Wildman–Crippen MR) is 96.9 cm³/mol. The van der Waals surface area contributed by atoms with Crippen molar-refractivity contribution in [2.45, 2.75) is 6.54 Å². The van der Waals surface area contributed by atoms with Crippen LogP contribution in [0.25, 0.3) is 11.5 Å². The zero-order valence-corrected chi connectivity index (χ0v) is 13.0. The quantitative estimate of drug-likeness (QED) is 0.559. The minimum absolute atomic E-state index is 0.117. The fraction of sp³-hybridized carbons (Fsp3) is 0.105. The number of aromatic nitrogens is 2. The summed E-state index contributed by atoms with van der Waals surface area (Å²) in [6, 6.07) is 20.7. The van der Waals surface area contributed by atoms with E-state index in [1.807, 2.05) is 47.2 Å². The number of benzene rings is 2. The summed E-state index contributed by atoms with van der Waals surface area (Å²) in [5, 5.41) is 9.19. The van der Waals surface area contributed by atoms with Gasteiger partial charge >= 0.3 is 0 Å². The van der Waals surface area contributed by atoms with Crippen LogP contribution in [0.15, 0.2) is 73.1 Å². The third kappa shape index (κ3) is 3.99. The number of rotatable bonds is 6. The second kappa shape index (κ2) is 7.61. The van der Waals surface area contributed by atoms with E-state index in [2.05, 4.69) is 35.3 Å². The summed E-state index contributed by atoms with van der Waals surface area (Å²) in [6.45, 7) is 0.690. The van der Waals surface area contributed by atoms with E-state index in [0.29, 0.717) is 6.54 Å². The molecule has 4 heteroatoms. The molecule has 0 saturated heterocycles. The first-order chi connectivity index (χ1) is 11.4. The summed E-state index contributed by atoms with van der Waals surface area (Å²) in [5.41, 5.74) is 4.54. The first-order valence-corrected chi connectivity index (χ1v) is 7.79. The summed E-state index contributed by atoms with van der Waals surface area (Å²) in [7, 11) is 0.728. The zero-order valence-electron chi connectivity index (χ0n) is 13.0. The molecule has 2 aromatic carbocycles. The van der Waals surface area contributed by atoms with E-state index in [0.717, 1.165) is 13.0 Å². The largest absolute Gasteiger partial charge is 0.395 e. The Morgan fingerprint density at radius 1 is 1.04 bits per heavy atom. The highest BCUT2D eigenvalue weighted by Gasteiger charge is 2.10. The van der Waals surface area contributed by atoms with Crippen molar-refractivity contribution in [3.8, 4) is 0 Å². The number of aliphatic hydroxyl groups excluding tert-OH is 1.